The molecule has 0 saturated heterocycles. The van der Waals surface area contributed by atoms with E-state index in [1.54, 1.807) is 0 Å². The van der Waals surface area contributed by atoms with Crippen LogP contribution in [0.15, 0.2) is 0 Å². The standard InChI is InChI=1S/C9H13N2O2/c1-7-8(2)11(6-10-7)5-4-9(12)13-3/h4-5H2,1-3H3. The molecule has 0 N–H and O–H groups in total. The molecule has 0 aliphatic carbocycles. The summed E-state index contributed by atoms with van der Waals surface area (Å²) in [5.74, 6) is -0.209. The third kappa shape index (κ3) is 2.31. The molecule has 0 amide bonds. The maximum Gasteiger partial charge on any atom is 0.307 e. The first-order valence-corrected chi connectivity index (χ1v) is 4.13. The zero-order valence-corrected chi connectivity index (χ0v) is 8.13. The lowest BCUT2D eigenvalue weighted by molar-refractivity contribution is -0.140. The Morgan fingerprint density at radius 2 is 2.31 bits per heavy atom. The Morgan fingerprint density at radius 3 is 2.77 bits per heavy atom. The van der Waals surface area contributed by atoms with Gasteiger partial charge in [0.15, 0.2) is 6.33 Å². The molecular formula is C9H13N2O2. The molecule has 0 saturated carbocycles. The summed E-state index contributed by atoms with van der Waals surface area (Å²) in [5.41, 5.74) is 1.99. The Kier molecular flexibility index (Phi) is 3.06. The van der Waals surface area contributed by atoms with Crippen LogP contribution in [0.5, 0.6) is 0 Å². The van der Waals surface area contributed by atoms with Gasteiger partial charge in [-0.05, 0) is 13.8 Å². The molecule has 0 bridgehead atoms. The van der Waals surface area contributed by atoms with Crippen molar-refractivity contribution in [1.29, 1.82) is 0 Å². The number of methoxy groups -OCH3 is 1. The van der Waals surface area contributed by atoms with E-state index in [0.717, 1.165) is 11.4 Å². The van der Waals surface area contributed by atoms with Gasteiger partial charge in [0.1, 0.15) is 0 Å². The average Bonchev–Trinajstić information content (AvgIpc) is 2.44. The van der Waals surface area contributed by atoms with Crippen LogP contribution in [0.1, 0.15) is 17.8 Å². The minimum absolute atomic E-state index is 0.209. The fourth-order valence-electron chi connectivity index (χ4n) is 1.01. The molecular weight excluding hydrogens is 168 g/mol. The van der Waals surface area contributed by atoms with Gasteiger partial charge in [-0.25, -0.2) is 4.98 Å². The van der Waals surface area contributed by atoms with Crippen molar-refractivity contribution in [1.82, 2.24) is 9.55 Å². The van der Waals surface area contributed by atoms with Crippen LogP contribution in [0.3, 0.4) is 0 Å². The zero-order chi connectivity index (χ0) is 9.84. The summed E-state index contributed by atoms with van der Waals surface area (Å²) < 4.78 is 6.36. The summed E-state index contributed by atoms with van der Waals surface area (Å²) in [6, 6.07) is 0. The van der Waals surface area contributed by atoms with Gasteiger partial charge in [0.2, 0.25) is 0 Å². The summed E-state index contributed by atoms with van der Waals surface area (Å²) in [5, 5.41) is 0. The maximum atomic E-state index is 10.8. The van der Waals surface area contributed by atoms with Crippen LogP contribution < -0.4 is 0 Å². The quantitative estimate of drug-likeness (QED) is 0.650. The third-order valence-electron chi connectivity index (χ3n) is 2.03. The van der Waals surface area contributed by atoms with Crippen molar-refractivity contribution < 1.29 is 9.53 Å². The number of aromatic nitrogens is 2. The van der Waals surface area contributed by atoms with Crippen molar-refractivity contribution in [3.63, 3.8) is 0 Å². The minimum atomic E-state index is -0.209. The van der Waals surface area contributed by atoms with E-state index in [1.165, 1.54) is 7.11 Å². The van der Waals surface area contributed by atoms with Crippen molar-refractivity contribution >= 4 is 5.97 Å². The van der Waals surface area contributed by atoms with Gasteiger partial charge in [-0.1, -0.05) is 0 Å². The number of carbonyl (C=O) groups excluding carboxylic acids is 1. The van der Waals surface area contributed by atoms with Crippen molar-refractivity contribution in [3.05, 3.63) is 17.7 Å². The molecule has 71 valence electrons. The van der Waals surface area contributed by atoms with Crippen LogP contribution >= 0.6 is 0 Å². The van der Waals surface area contributed by atoms with Crippen LogP contribution in [-0.2, 0) is 16.1 Å². The van der Waals surface area contributed by atoms with Crippen LogP contribution in [0.2, 0.25) is 0 Å². The van der Waals surface area contributed by atoms with E-state index < -0.39 is 0 Å². The van der Waals surface area contributed by atoms with E-state index in [-0.39, 0.29) is 5.97 Å². The fraction of sp³-hybridized carbons (Fsp3) is 0.556. The van der Waals surface area contributed by atoms with Crippen LogP contribution in [0, 0.1) is 20.2 Å². The topological polar surface area (TPSA) is 44.1 Å². The molecule has 1 aromatic heterocycles. The molecule has 4 heteroatoms. The largest absolute Gasteiger partial charge is 0.469 e. The second kappa shape index (κ2) is 4.07. The number of hydrogen-bond acceptors (Lipinski definition) is 3. The van der Waals surface area contributed by atoms with Gasteiger partial charge in [-0.15, -0.1) is 0 Å². The summed E-state index contributed by atoms with van der Waals surface area (Å²) in [6.07, 6.45) is 3.18. The molecule has 4 nitrogen and oxygen atoms in total. The lowest BCUT2D eigenvalue weighted by Crippen LogP contribution is -2.07. The van der Waals surface area contributed by atoms with E-state index in [1.807, 2.05) is 18.4 Å². The Morgan fingerprint density at radius 1 is 1.62 bits per heavy atom. The molecule has 0 unspecified atom stereocenters. The minimum Gasteiger partial charge on any atom is -0.469 e. The van der Waals surface area contributed by atoms with Crippen molar-refractivity contribution in [2.24, 2.45) is 0 Å². The lowest BCUT2D eigenvalue weighted by atomic mass is 10.3. The number of carbonyl (C=O) groups is 1. The van der Waals surface area contributed by atoms with Crippen LogP contribution in [0.4, 0.5) is 0 Å². The SMILES string of the molecule is COC(=O)CCn1[c]nc(C)c1C. The Bertz CT molecular complexity index is 305. The summed E-state index contributed by atoms with van der Waals surface area (Å²) in [4.78, 5) is 14.8. The first kappa shape index (κ1) is 9.77. The number of rotatable bonds is 3. The number of nitrogens with zero attached hydrogens (tertiary/aromatic N) is 2. The average molecular weight is 181 g/mol. The molecule has 1 rings (SSSR count). The third-order valence-corrected chi connectivity index (χ3v) is 2.03. The van der Waals surface area contributed by atoms with Gasteiger partial charge in [-0.2, -0.15) is 0 Å². The molecule has 0 spiro atoms. The van der Waals surface area contributed by atoms with E-state index in [4.69, 9.17) is 0 Å². The Balaban J connectivity index is 2.55. The highest BCUT2D eigenvalue weighted by atomic mass is 16.5. The molecule has 13 heavy (non-hydrogen) atoms. The number of ether oxygens (including phenoxy) is 1. The van der Waals surface area contributed by atoms with Crippen molar-refractivity contribution in [2.45, 2.75) is 26.8 Å². The monoisotopic (exact) mass is 181 g/mol. The van der Waals surface area contributed by atoms with Gasteiger partial charge in [0.25, 0.3) is 0 Å². The van der Waals surface area contributed by atoms with E-state index >= 15 is 0 Å². The molecule has 0 fully saturated rings. The first-order valence-electron chi connectivity index (χ1n) is 4.13. The predicted octanol–water partition coefficient (Wildman–Crippen LogP) is 0.863. The van der Waals surface area contributed by atoms with E-state index in [0.29, 0.717) is 13.0 Å². The van der Waals surface area contributed by atoms with Crippen LogP contribution in [-0.4, -0.2) is 22.6 Å². The summed E-state index contributed by atoms with van der Waals surface area (Å²) in [7, 11) is 1.39. The number of hydrogen-bond donors (Lipinski definition) is 0. The molecule has 1 heterocycles. The van der Waals surface area contributed by atoms with E-state index in [2.05, 4.69) is 16.0 Å². The van der Waals surface area contributed by atoms with Gasteiger partial charge in [-0.3, -0.25) is 4.79 Å². The molecule has 1 aromatic rings. The number of imidazole rings is 1. The molecule has 0 aliphatic rings. The summed E-state index contributed by atoms with van der Waals surface area (Å²) >= 11 is 0. The second-order valence-electron chi connectivity index (χ2n) is 2.86. The van der Waals surface area contributed by atoms with Crippen molar-refractivity contribution in [3.8, 4) is 0 Å². The first-order chi connectivity index (χ1) is 6.15. The molecule has 0 aliphatic heterocycles. The van der Waals surface area contributed by atoms with Gasteiger partial charge in [0.05, 0.1) is 19.2 Å². The van der Waals surface area contributed by atoms with Gasteiger partial charge < -0.3 is 9.30 Å². The normalized spacial score (nSPS) is 10.1. The highest BCUT2D eigenvalue weighted by Gasteiger charge is 2.05. The zero-order valence-electron chi connectivity index (χ0n) is 8.13. The molecule has 0 atom stereocenters. The van der Waals surface area contributed by atoms with Gasteiger partial charge >= 0.3 is 5.97 Å². The smallest absolute Gasteiger partial charge is 0.307 e. The predicted molar refractivity (Wildman–Crippen MR) is 47.2 cm³/mol. The fourth-order valence-corrected chi connectivity index (χ4v) is 1.01. The van der Waals surface area contributed by atoms with Crippen LogP contribution in [0.25, 0.3) is 0 Å². The molecule has 0 aromatic carbocycles. The van der Waals surface area contributed by atoms with Gasteiger partial charge in [0, 0.05) is 12.2 Å². The lowest BCUT2D eigenvalue weighted by Gasteiger charge is -2.02. The number of esters is 1. The highest BCUT2D eigenvalue weighted by molar-refractivity contribution is 5.68. The Labute approximate surface area is 77.5 Å². The van der Waals surface area contributed by atoms with Crippen molar-refractivity contribution in [2.75, 3.05) is 7.11 Å². The highest BCUT2D eigenvalue weighted by Crippen LogP contribution is 2.04. The maximum absolute atomic E-state index is 10.8. The Hall–Kier alpha value is -1.32. The second-order valence-corrected chi connectivity index (χ2v) is 2.86. The van der Waals surface area contributed by atoms with E-state index in [9.17, 15) is 4.79 Å². The number of aryl methyl sites for hydroxylation is 2. The summed E-state index contributed by atoms with van der Waals surface area (Å²) in [6.45, 7) is 4.45. The molecule has 1 radical (unpaired) electrons.